The van der Waals surface area contributed by atoms with Gasteiger partial charge in [0.2, 0.25) is 0 Å². The number of nitrogens with zero attached hydrogens (tertiary/aromatic N) is 1. The van der Waals surface area contributed by atoms with E-state index < -0.39 is 0 Å². The van der Waals surface area contributed by atoms with E-state index in [1.807, 2.05) is 41.3 Å². The maximum atomic E-state index is 13.3. The quantitative estimate of drug-likeness (QED) is 0.847. The summed E-state index contributed by atoms with van der Waals surface area (Å²) in [6.45, 7) is 2.23. The fourth-order valence-electron chi connectivity index (χ4n) is 4.04. The molecule has 2 aromatic carbocycles. The number of halogens is 1. The van der Waals surface area contributed by atoms with Crippen LogP contribution in [-0.4, -0.2) is 43.3 Å². The lowest BCUT2D eigenvalue weighted by molar-refractivity contribution is 0.0426. The van der Waals surface area contributed by atoms with Crippen molar-refractivity contribution in [1.82, 2.24) is 4.90 Å². The SMILES string of the molecule is O=C1c2ccccc2N[C@@H](c2cc(Cl)c3c(c2)OCCO3)N1C[C@H]1CCCO1. The van der Waals surface area contributed by atoms with E-state index in [1.165, 1.54) is 0 Å². The molecule has 7 heteroatoms. The van der Waals surface area contributed by atoms with Gasteiger partial charge in [-0.1, -0.05) is 23.7 Å². The first-order valence-corrected chi connectivity index (χ1v) is 9.95. The maximum absolute atomic E-state index is 13.3. The zero-order valence-electron chi connectivity index (χ0n) is 15.3. The van der Waals surface area contributed by atoms with Gasteiger partial charge < -0.3 is 24.4 Å². The van der Waals surface area contributed by atoms with Crippen LogP contribution in [0.4, 0.5) is 5.69 Å². The van der Waals surface area contributed by atoms with E-state index in [4.69, 9.17) is 25.8 Å². The number of ether oxygens (including phenoxy) is 3. The van der Waals surface area contributed by atoms with Gasteiger partial charge in [-0.05, 0) is 37.1 Å². The average Bonchev–Trinajstić information content (AvgIpc) is 3.23. The number of rotatable bonds is 3. The largest absolute Gasteiger partial charge is 0.486 e. The molecular formula is C21H21ClN2O4. The summed E-state index contributed by atoms with van der Waals surface area (Å²) in [5.41, 5.74) is 2.34. The Morgan fingerprint density at radius 3 is 2.86 bits per heavy atom. The highest BCUT2D eigenvalue weighted by molar-refractivity contribution is 6.32. The van der Waals surface area contributed by atoms with Crippen molar-refractivity contribution < 1.29 is 19.0 Å². The van der Waals surface area contributed by atoms with E-state index >= 15 is 0 Å². The molecule has 28 heavy (non-hydrogen) atoms. The number of carbonyl (C=O) groups excluding carboxylic acids is 1. The number of anilines is 1. The van der Waals surface area contributed by atoms with E-state index in [0.717, 1.165) is 30.7 Å². The number of nitrogens with one attached hydrogen (secondary N) is 1. The molecule has 2 aromatic rings. The van der Waals surface area contributed by atoms with Crippen molar-refractivity contribution in [2.75, 3.05) is 31.7 Å². The third kappa shape index (κ3) is 3.06. The minimum Gasteiger partial charge on any atom is -0.486 e. The van der Waals surface area contributed by atoms with Crippen molar-refractivity contribution in [3.8, 4) is 11.5 Å². The van der Waals surface area contributed by atoms with Crippen LogP contribution in [0.25, 0.3) is 0 Å². The first-order valence-electron chi connectivity index (χ1n) is 9.58. The summed E-state index contributed by atoms with van der Waals surface area (Å²) < 4.78 is 17.2. The predicted molar refractivity (Wildman–Crippen MR) is 105 cm³/mol. The third-order valence-corrected chi connectivity index (χ3v) is 5.66. The first-order chi connectivity index (χ1) is 13.7. The van der Waals surface area contributed by atoms with Crippen molar-refractivity contribution >= 4 is 23.2 Å². The van der Waals surface area contributed by atoms with Crippen molar-refractivity contribution in [1.29, 1.82) is 0 Å². The first kappa shape index (κ1) is 17.6. The average molecular weight is 401 g/mol. The van der Waals surface area contributed by atoms with Crippen molar-refractivity contribution in [3.63, 3.8) is 0 Å². The standard InChI is InChI=1S/C21H21ClN2O4/c22-16-10-13(11-18-19(16)28-9-8-27-18)20-23-17-6-2-1-5-15(17)21(25)24(20)12-14-4-3-7-26-14/h1-2,5-6,10-11,14,20,23H,3-4,7-9,12H2/t14-,20-/m1/s1. The summed E-state index contributed by atoms with van der Waals surface area (Å²) in [5, 5.41) is 3.98. The highest BCUT2D eigenvalue weighted by Crippen LogP contribution is 2.42. The second-order valence-corrected chi connectivity index (χ2v) is 7.62. The summed E-state index contributed by atoms with van der Waals surface area (Å²) >= 11 is 6.46. The Bertz CT molecular complexity index is 913. The Hall–Kier alpha value is -2.44. The Balaban J connectivity index is 1.55. The van der Waals surface area contributed by atoms with Gasteiger partial charge in [0.05, 0.1) is 16.7 Å². The van der Waals surface area contributed by atoms with Crippen LogP contribution in [0.5, 0.6) is 11.5 Å². The van der Waals surface area contributed by atoms with Gasteiger partial charge in [0, 0.05) is 24.4 Å². The Labute approximate surface area is 168 Å². The molecule has 0 spiro atoms. The molecule has 5 rings (SSSR count). The Morgan fingerprint density at radius 1 is 1.14 bits per heavy atom. The van der Waals surface area contributed by atoms with Crippen molar-refractivity contribution in [2.24, 2.45) is 0 Å². The predicted octanol–water partition coefficient (Wildman–Crippen LogP) is 3.86. The molecule has 146 valence electrons. The van der Waals surface area contributed by atoms with Crippen LogP contribution in [-0.2, 0) is 4.74 Å². The number of benzene rings is 2. The molecule has 0 saturated carbocycles. The van der Waals surface area contributed by atoms with Gasteiger partial charge >= 0.3 is 0 Å². The number of carbonyl (C=O) groups is 1. The molecule has 3 aliphatic rings. The van der Waals surface area contributed by atoms with Gasteiger partial charge in [0.1, 0.15) is 19.4 Å². The van der Waals surface area contributed by atoms with Gasteiger partial charge in [-0.15, -0.1) is 0 Å². The molecule has 2 atom stereocenters. The van der Waals surface area contributed by atoms with E-state index in [2.05, 4.69) is 5.32 Å². The van der Waals surface area contributed by atoms with Crippen molar-refractivity contribution in [2.45, 2.75) is 25.1 Å². The summed E-state index contributed by atoms with van der Waals surface area (Å²) in [6.07, 6.45) is 1.67. The normalized spacial score (nSPS) is 23.3. The minimum atomic E-state index is -0.361. The van der Waals surface area contributed by atoms with Crippen LogP contribution in [0.3, 0.4) is 0 Å². The van der Waals surface area contributed by atoms with Crippen LogP contribution in [0.1, 0.15) is 34.9 Å². The molecule has 0 bridgehead atoms. The Morgan fingerprint density at radius 2 is 2.00 bits per heavy atom. The zero-order chi connectivity index (χ0) is 19.1. The lowest BCUT2D eigenvalue weighted by Gasteiger charge is -2.39. The molecule has 1 amide bonds. The molecule has 3 aliphatic heterocycles. The fraction of sp³-hybridized carbons (Fsp3) is 0.381. The number of hydrogen-bond acceptors (Lipinski definition) is 5. The monoisotopic (exact) mass is 400 g/mol. The van der Waals surface area contributed by atoms with Crippen LogP contribution in [0.2, 0.25) is 5.02 Å². The van der Waals surface area contributed by atoms with Gasteiger partial charge in [-0.3, -0.25) is 4.79 Å². The lowest BCUT2D eigenvalue weighted by Crippen LogP contribution is -2.46. The van der Waals surface area contributed by atoms with Crippen molar-refractivity contribution in [3.05, 3.63) is 52.5 Å². The fourth-order valence-corrected chi connectivity index (χ4v) is 4.31. The van der Waals surface area contributed by atoms with Gasteiger partial charge in [-0.25, -0.2) is 0 Å². The minimum absolute atomic E-state index is 0.0131. The molecule has 0 aromatic heterocycles. The second-order valence-electron chi connectivity index (χ2n) is 7.21. The molecule has 6 nitrogen and oxygen atoms in total. The highest BCUT2D eigenvalue weighted by Gasteiger charge is 2.36. The number of para-hydroxylation sites is 1. The zero-order valence-corrected chi connectivity index (χ0v) is 16.1. The molecule has 0 unspecified atom stereocenters. The van der Waals surface area contributed by atoms with E-state index in [0.29, 0.717) is 41.8 Å². The van der Waals surface area contributed by atoms with Gasteiger partial charge in [-0.2, -0.15) is 0 Å². The van der Waals surface area contributed by atoms with Crippen LogP contribution in [0, 0.1) is 0 Å². The number of amides is 1. The molecule has 1 fully saturated rings. The summed E-state index contributed by atoms with van der Waals surface area (Å²) in [4.78, 5) is 15.1. The lowest BCUT2D eigenvalue weighted by atomic mass is 10.0. The third-order valence-electron chi connectivity index (χ3n) is 5.38. The maximum Gasteiger partial charge on any atom is 0.257 e. The van der Waals surface area contributed by atoms with E-state index in [1.54, 1.807) is 0 Å². The molecule has 0 aliphatic carbocycles. The summed E-state index contributed by atoms with van der Waals surface area (Å²) in [5.74, 6) is 1.16. The molecule has 1 saturated heterocycles. The molecule has 0 radical (unpaired) electrons. The van der Waals surface area contributed by atoms with E-state index in [-0.39, 0.29) is 18.2 Å². The smallest absolute Gasteiger partial charge is 0.257 e. The van der Waals surface area contributed by atoms with E-state index in [9.17, 15) is 4.79 Å². The Kier molecular flexibility index (Phi) is 4.53. The second kappa shape index (κ2) is 7.18. The van der Waals surface area contributed by atoms with Gasteiger partial charge in [0.25, 0.3) is 5.91 Å². The molecule has 1 N–H and O–H groups in total. The summed E-state index contributed by atoms with van der Waals surface area (Å²) in [6, 6.07) is 11.3. The highest BCUT2D eigenvalue weighted by atomic mass is 35.5. The van der Waals surface area contributed by atoms with Crippen LogP contribution in [0.15, 0.2) is 36.4 Å². The summed E-state index contributed by atoms with van der Waals surface area (Å²) in [7, 11) is 0. The topological polar surface area (TPSA) is 60.0 Å². The van der Waals surface area contributed by atoms with Crippen LogP contribution < -0.4 is 14.8 Å². The van der Waals surface area contributed by atoms with Gasteiger partial charge in [0.15, 0.2) is 11.5 Å². The molecular weight excluding hydrogens is 380 g/mol. The molecule has 3 heterocycles. The number of hydrogen-bond donors (Lipinski definition) is 1. The van der Waals surface area contributed by atoms with Crippen LogP contribution >= 0.6 is 11.6 Å². The number of fused-ring (bicyclic) bond motifs is 2.